The molecule has 1 saturated heterocycles. The molecule has 1 fully saturated rings. The van der Waals surface area contributed by atoms with Crippen LogP contribution in [0.5, 0.6) is 0 Å². The number of hydrogen-bond acceptors (Lipinski definition) is 5. The van der Waals surface area contributed by atoms with Crippen LogP contribution in [0.3, 0.4) is 0 Å². The molecule has 2 rings (SSSR count). The number of aliphatic carboxylic acids is 1. The van der Waals surface area contributed by atoms with Crippen molar-refractivity contribution in [2.45, 2.75) is 31.0 Å². The fourth-order valence-corrected chi connectivity index (χ4v) is 5.46. The van der Waals surface area contributed by atoms with Crippen molar-refractivity contribution in [3.05, 3.63) is 11.9 Å². The van der Waals surface area contributed by atoms with E-state index in [4.69, 9.17) is 5.11 Å². The van der Waals surface area contributed by atoms with Gasteiger partial charge in [-0.3, -0.25) is 4.79 Å². The lowest BCUT2D eigenvalue weighted by Crippen LogP contribution is -2.33. The summed E-state index contributed by atoms with van der Waals surface area (Å²) in [5.74, 6) is -0.747. The normalized spacial score (nSPS) is 25.6. The Kier molecular flexibility index (Phi) is 3.65. The average Bonchev–Trinajstić information content (AvgIpc) is 2.77. The third-order valence-corrected chi connectivity index (χ3v) is 6.08. The summed E-state index contributed by atoms with van der Waals surface area (Å²) >= 11 is 1.12. The van der Waals surface area contributed by atoms with Crippen molar-refractivity contribution in [1.82, 2.24) is 9.55 Å². The Bertz CT molecular complexity index is 608. The van der Waals surface area contributed by atoms with Crippen LogP contribution in [0.15, 0.2) is 11.4 Å². The minimum Gasteiger partial charge on any atom is -0.481 e. The molecule has 0 amide bonds. The van der Waals surface area contributed by atoms with Gasteiger partial charge in [0.05, 0.1) is 22.8 Å². The molecule has 6 nitrogen and oxygen atoms in total. The van der Waals surface area contributed by atoms with Gasteiger partial charge in [-0.25, -0.2) is 13.4 Å². The predicted octanol–water partition coefficient (Wildman–Crippen LogP) is 0.902. The van der Waals surface area contributed by atoms with E-state index < -0.39 is 21.3 Å². The van der Waals surface area contributed by atoms with E-state index in [2.05, 4.69) is 4.98 Å². The quantitative estimate of drug-likeness (QED) is 0.831. The second-order valence-corrected chi connectivity index (χ2v) is 8.17. The Hall–Kier alpha value is -1.02. The Morgan fingerprint density at radius 2 is 2.32 bits per heavy atom. The van der Waals surface area contributed by atoms with Crippen LogP contribution >= 0.6 is 11.8 Å². The number of carbonyl (C=O) groups is 1. The fourth-order valence-electron chi connectivity index (χ4n) is 2.47. The Balaban J connectivity index is 2.34. The minimum absolute atomic E-state index is 0.0812. The average molecular weight is 304 g/mol. The number of nitrogens with zero attached hydrogens (tertiary/aromatic N) is 2. The fraction of sp³-hybridized carbons (Fsp3) is 0.636. The van der Waals surface area contributed by atoms with Gasteiger partial charge in [-0.1, -0.05) is 11.8 Å². The molecule has 1 aromatic rings. The van der Waals surface area contributed by atoms with Crippen LogP contribution in [0.2, 0.25) is 0 Å². The maximum absolute atomic E-state index is 11.7. The zero-order chi connectivity index (χ0) is 14.3. The SMILES string of the molecule is Cc1cnc(SCC(=O)O)n1C1(C)CCS(=O)(=O)C1. The molecule has 1 N–H and O–H groups in total. The molecule has 1 unspecified atom stereocenters. The van der Waals surface area contributed by atoms with Crippen LogP contribution in [-0.4, -0.2) is 46.3 Å². The number of carboxylic acids is 1. The highest BCUT2D eigenvalue weighted by Crippen LogP contribution is 2.35. The van der Waals surface area contributed by atoms with Gasteiger partial charge in [-0.05, 0) is 20.3 Å². The smallest absolute Gasteiger partial charge is 0.313 e. The number of imidazole rings is 1. The lowest BCUT2D eigenvalue weighted by atomic mass is 10.0. The first kappa shape index (κ1) is 14.4. The summed E-state index contributed by atoms with van der Waals surface area (Å²) in [5, 5.41) is 9.30. The van der Waals surface area contributed by atoms with Gasteiger partial charge in [0.1, 0.15) is 0 Å². The largest absolute Gasteiger partial charge is 0.481 e. The van der Waals surface area contributed by atoms with Gasteiger partial charge in [-0.2, -0.15) is 0 Å². The van der Waals surface area contributed by atoms with Crippen molar-refractivity contribution in [2.24, 2.45) is 0 Å². The molecule has 0 spiro atoms. The molecule has 19 heavy (non-hydrogen) atoms. The summed E-state index contributed by atoms with van der Waals surface area (Å²) in [6.07, 6.45) is 2.19. The lowest BCUT2D eigenvalue weighted by Gasteiger charge is -2.27. The van der Waals surface area contributed by atoms with E-state index in [1.807, 2.05) is 18.4 Å². The van der Waals surface area contributed by atoms with Crippen molar-refractivity contribution in [3.63, 3.8) is 0 Å². The molecule has 8 heteroatoms. The van der Waals surface area contributed by atoms with Crippen molar-refractivity contribution in [2.75, 3.05) is 17.3 Å². The standard InChI is InChI=1S/C11H16N2O4S2/c1-8-5-12-10(18-6-9(14)15)13(8)11(2)3-4-19(16,17)7-11/h5H,3-4,6-7H2,1-2H3,(H,14,15). The molecule has 2 heterocycles. The van der Waals surface area contributed by atoms with Crippen molar-refractivity contribution in [1.29, 1.82) is 0 Å². The Labute approximate surface area is 116 Å². The van der Waals surface area contributed by atoms with Crippen molar-refractivity contribution in [3.8, 4) is 0 Å². The number of rotatable bonds is 4. The summed E-state index contributed by atoms with van der Waals surface area (Å²) in [7, 11) is -3.02. The predicted molar refractivity (Wildman–Crippen MR) is 72.2 cm³/mol. The number of aryl methyl sites for hydroxylation is 1. The van der Waals surface area contributed by atoms with E-state index in [1.54, 1.807) is 6.20 Å². The molecule has 1 atom stereocenters. The zero-order valence-electron chi connectivity index (χ0n) is 10.8. The first-order chi connectivity index (χ1) is 8.73. The van der Waals surface area contributed by atoms with E-state index in [-0.39, 0.29) is 17.3 Å². The van der Waals surface area contributed by atoms with Gasteiger partial charge in [-0.15, -0.1) is 0 Å². The summed E-state index contributed by atoms with van der Waals surface area (Å²) in [6.45, 7) is 3.74. The van der Waals surface area contributed by atoms with Gasteiger partial charge in [0.15, 0.2) is 15.0 Å². The molecule has 0 saturated carbocycles. The van der Waals surface area contributed by atoms with Gasteiger partial charge in [0.2, 0.25) is 0 Å². The van der Waals surface area contributed by atoms with Gasteiger partial charge in [0, 0.05) is 11.9 Å². The maximum Gasteiger partial charge on any atom is 0.313 e. The highest BCUT2D eigenvalue weighted by Gasteiger charge is 2.41. The number of hydrogen-bond donors (Lipinski definition) is 1. The summed E-state index contributed by atoms with van der Waals surface area (Å²) < 4.78 is 25.3. The Morgan fingerprint density at radius 3 is 2.84 bits per heavy atom. The summed E-state index contributed by atoms with van der Waals surface area (Å²) in [4.78, 5) is 14.8. The first-order valence-electron chi connectivity index (χ1n) is 5.83. The molecule has 1 aliphatic rings. The molecular weight excluding hydrogens is 288 g/mol. The number of carboxylic acid groups (broad SMARTS) is 1. The van der Waals surface area contributed by atoms with E-state index >= 15 is 0 Å². The molecular formula is C11H16N2O4S2. The van der Waals surface area contributed by atoms with Crippen LogP contribution in [0.25, 0.3) is 0 Å². The van der Waals surface area contributed by atoms with Crippen LogP contribution in [0.1, 0.15) is 19.0 Å². The Morgan fingerprint density at radius 1 is 1.63 bits per heavy atom. The van der Waals surface area contributed by atoms with Crippen LogP contribution < -0.4 is 0 Å². The molecule has 0 bridgehead atoms. The van der Waals surface area contributed by atoms with Crippen LogP contribution in [0.4, 0.5) is 0 Å². The molecule has 0 aromatic carbocycles. The minimum atomic E-state index is -3.02. The van der Waals surface area contributed by atoms with Gasteiger partial charge >= 0.3 is 5.97 Å². The lowest BCUT2D eigenvalue weighted by molar-refractivity contribution is -0.133. The summed E-state index contributed by atoms with van der Waals surface area (Å²) in [5.41, 5.74) is 0.327. The molecule has 1 aromatic heterocycles. The van der Waals surface area contributed by atoms with E-state index in [0.29, 0.717) is 11.6 Å². The van der Waals surface area contributed by atoms with E-state index in [0.717, 1.165) is 17.5 Å². The van der Waals surface area contributed by atoms with E-state index in [9.17, 15) is 13.2 Å². The highest BCUT2D eigenvalue weighted by atomic mass is 32.2. The topological polar surface area (TPSA) is 89.3 Å². The van der Waals surface area contributed by atoms with Crippen molar-refractivity contribution >= 4 is 27.6 Å². The van der Waals surface area contributed by atoms with Crippen LogP contribution in [0, 0.1) is 6.92 Å². The summed E-state index contributed by atoms with van der Waals surface area (Å²) in [6, 6.07) is 0. The monoisotopic (exact) mass is 304 g/mol. The number of sulfone groups is 1. The number of aromatic nitrogens is 2. The van der Waals surface area contributed by atoms with Gasteiger partial charge in [0.25, 0.3) is 0 Å². The molecule has 106 valence electrons. The first-order valence-corrected chi connectivity index (χ1v) is 8.64. The third-order valence-electron chi connectivity index (χ3n) is 3.25. The second kappa shape index (κ2) is 4.82. The van der Waals surface area contributed by atoms with Crippen molar-refractivity contribution < 1.29 is 18.3 Å². The molecule has 0 radical (unpaired) electrons. The van der Waals surface area contributed by atoms with Gasteiger partial charge < -0.3 is 9.67 Å². The molecule has 0 aliphatic carbocycles. The van der Waals surface area contributed by atoms with E-state index in [1.165, 1.54) is 0 Å². The van der Waals surface area contributed by atoms with Crippen LogP contribution in [-0.2, 0) is 20.2 Å². The maximum atomic E-state index is 11.7. The highest BCUT2D eigenvalue weighted by molar-refractivity contribution is 7.99. The number of thioether (sulfide) groups is 1. The molecule has 1 aliphatic heterocycles. The zero-order valence-corrected chi connectivity index (χ0v) is 12.4. The third kappa shape index (κ3) is 2.94. The second-order valence-electron chi connectivity index (χ2n) is 5.04.